The Bertz CT molecular complexity index is 453. The van der Waals surface area contributed by atoms with Crippen LogP contribution in [0.1, 0.15) is 83.7 Å². The molecule has 1 heterocycles. The van der Waals surface area contributed by atoms with Crippen LogP contribution in [-0.2, 0) is 14.3 Å². The van der Waals surface area contributed by atoms with Crippen LogP contribution in [0.4, 0.5) is 5.82 Å². The molecule has 0 amide bonds. The number of rotatable bonds is 5. The zero-order valence-electron chi connectivity index (χ0n) is 16.3. The normalized spacial score (nSPS) is 14.6. The van der Waals surface area contributed by atoms with Gasteiger partial charge in [-0.3, -0.25) is 9.89 Å². The van der Waals surface area contributed by atoms with Crippen molar-refractivity contribution in [2.45, 2.75) is 78.1 Å². The van der Waals surface area contributed by atoms with Crippen molar-refractivity contribution in [1.82, 2.24) is 10.2 Å². The average molecular weight is 354 g/mol. The van der Waals surface area contributed by atoms with Crippen molar-refractivity contribution >= 4 is 18.1 Å². The average Bonchev–Trinajstić information content (AvgIpc) is 3.06. The highest BCUT2D eigenvalue weighted by Gasteiger charge is 2.15. The Morgan fingerprint density at radius 1 is 1.28 bits per heavy atom. The minimum atomic E-state index is -0.456. The SMILES string of the molecule is CC.CCOC(=O)CC=O.CNc1cc(C2CCCCCCC2)[nH]n1. The van der Waals surface area contributed by atoms with E-state index in [-0.39, 0.29) is 6.42 Å². The van der Waals surface area contributed by atoms with Crippen LogP contribution in [0.3, 0.4) is 0 Å². The Balaban J connectivity index is 0.000000493. The summed E-state index contributed by atoms with van der Waals surface area (Å²) in [6.45, 7) is 6.04. The maximum absolute atomic E-state index is 10.2. The Labute approximate surface area is 152 Å². The van der Waals surface area contributed by atoms with Crippen molar-refractivity contribution in [3.63, 3.8) is 0 Å². The lowest BCUT2D eigenvalue weighted by Crippen LogP contribution is -2.03. The highest BCUT2D eigenvalue weighted by Crippen LogP contribution is 2.30. The molecular formula is C19H35N3O3. The van der Waals surface area contributed by atoms with Crippen LogP contribution >= 0.6 is 0 Å². The molecule has 25 heavy (non-hydrogen) atoms. The van der Waals surface area contributed by atoms with Gasteiger partial charge in [-0.1, -0.05) is 46.0 Å². The lowest BCUT2D eigenvalue weighted by molar-refractivity contribution is -0.143. The molecular weight excluding hydrogens is 318 g/mol. The third kappa shape index (κ3) is 10.6. The molecule has 1 aliphatic rings. The first kappa shape index (κ1) is 23.1. The molecule has 0 aromatic carbocycles. The molecule has 1 aromatic rings. The molecule has 1 aliphatic carbocycles. The second-order valence-electron chi connectivity index (χ2n) is 5.68. The van der Waals surface area contributed by atoms with E-state index < -0.39 is 5.97 Å². The van der Waals surface area contributed by atoms with Crippen molar-refractivity contribution in [2.24, 2.45) is 0 Å². The van der Waals surface area contributed by atoms with Gasteiger partial charge in [0.25, 0.3) is 0 Å². The standard InChI is InChI=1S/C12H21N3.C5H8O3.C2H6/c1-13-12-9-11(14-15-12)10-7-5-3-2-4-6-8-10;1-2-8-5(7)3-4-6;1-2/h9-10H,2-8H2,1H3,(H2,13,14,15);4H,2-3H2,1H3;1-2H3. The van der Waals surface area contributed by atoms with E-state index in [1.54, 1.807) is 6.92 Å². The fraction of sp³-hybridized carbons (Fsp3) is 0.737. The molecule has 1 aromatic heterocycles. The van der Waals surface area contributed by atoms with Gasteiger partial charge < -0.3 is 14.8 Å². The lowest BCUT2D eigenvalue weighted by atomic mass is 9.89. The summed E-state index contributed by atoms with van der Waals surface area (Å²) in [7, 11) is 1.91. The van der Waals surface area contributed by atoms with Gasteiger partial charge >= 0.3 is 5.97 Å². The number of carbonyl (C=O) groups is 2. The zero-order valence-corrected chi connectivity index (χ0v) is 16.3. The molecule has 0 atom stereocenters. The number of esters is 1. The van der Waals surface area contributed by atoms with Gasteiger partial charge in [-0.2, -0.15) is 5.10 Å². The predicted octanol–water partition coefficient (Wildman–Crippen LogP) is 4.44. The van der Waals surface area contributed by atoms with Crippen LogP contribution in [0.5, 0.6) is 0 Å². The number of hydrogen-bond acceptors (Lipinski definition) is 5. The molecule has 1 saturated carbocycles. The molecule has 0 unspecified atom stereocenters. The zero-order chi connectivity index (χ0) is 18.9. The summed E-state index contributed by atoms with van der Waals surface area (Å²) in [4.78, 5) is 19.8. The van der Waals surface area contributed by atoms with Gasteiger partial charge in [0, 0.05) is 24.7 Å². The second kappa shape index (κ2) is 15.7. The summed E-state index contributed by atoms with van der Waals surface area (Å²) in [5.41, 5.74) is 1.32. The van der Waals surface area contributed by atoms with Gasteiger partial charge in [0.1, 0.15) is 18.5 Å². The number of nitrogens with one attached hydrogen (secondary N) is 2. The van der Waals surface area contributed by atoms with Gasteiger partial charge in [-0.25, -0.2) is 0 Å². The number of ether oxygens (including phenoxy) is 1. The smallest absolute Gasteiger partial charge is 0.312 e. The number of aromatic nitrogens is 2. The first-order chi connectivity index (χ1) is 12.2. The van der Waals surface area contributed by atoms with E-state index in [1.807, 2.05) is 20.9 Å². The van der Waals surface area contributed by atoms with Gasteiger partial charge in [-0.05, 0) is 19.8 Å². The minimum absolute atomic E-state index is 0.131. The predicted molar refractivity (Wildman–Crippen MR) is 102 cm³/mol. The van der Waals surface area contributed by atoms with E-state index in [0.717, 1.165) is 5.82 Å². The molecule has 6 nitrogen and oxygen atoms in total. The topological polar surface area (TPSA) is 84.1 Å². The molecule has 0 bridgehead atoms. The summed E-state index contributed by atoms with van der Waals surface area (Å²) < 4.78 is 4.41. The van der Waals surface area contributed by atoms with Crippen LogP contribution in [0.25, 0.3) is 0 Å². The van der Waals surface area contributed by atoms with E-state index in [1.165, 1.54) is 50.6 Å². The fourth-order valence-corrected chi connectivity index (χ4v) is 2.73. The molecule has 144 valence electrons. The molecule has 2 N–H and O–H groups in total. The first-order valence-electron chi connectivity index (χ1n) is 9.53. The third-order valence-electron chi connectivity index (χ3n) is 3.95. The highest BCUT2D eigenvalue weighted by atomic mass is 16.5. The Morgan fingerprint density at radius 3 is 2.36 bits per heavy atom. The summed E-state index contributed by atoms with van der Waals surface area (Å²) >= 11 is 0. The van der Waals surface area contributed by atoms with E-state index in [4.69, 9.17) is 0 Å². The van der Waals surface area contributed by atoms with E-state index in [9.17, 15) is 9.59 Å². The summed E-state index contributed by atoms with van der Waals surface area (Å²) in [5.74, 6) is 1.22. The summed E-state index contributed by atoms with van der Waals surface area (Å²) in [5, 5.41) is 10.5. The number of anilines is 1. The molecule has 0 saturated heterocycles. The minimum Gasteiger partial charge on any atom is -0.466 e. The molecule has 0 radical (unpaired) electrons. The maximum Gasteiger partial charge on any atom is 0.312 e. The van der Waals surface area contributed by atoms with Crippen LogP contribution in [0.15, 0.2) is 6.07 Å². The molecule has 2 rings (SSSR count). The van der Waals surface area contributed by atoms with Crippen molar-refractivity contribution in [2.75, 3.05) is 19.0 Å². The summed E-state index contributed by atoms with van der Waals surface area (Å²) in [6.07, 6.45) is 10.0. The number of H-pyrrole nitrogens is 1. The van der Waals surface area contributed by atoms with Crippen LogP contribution in [-0.4, -0.2) is 36.1 Å². The van der Waals surface area contributed by atoms with E-state index >= 15 is 0 Å². The Kier molecular flexibility index (Phi) is 14.5. The number of aromatic amines is 1. The van der Waals surface area contributed by atoms with Crippen molar-refractivity contribution in [3.8, 4) is 0 Å². The first-order valence-corrected chi connectivity index (χ1v) is 9.53. The lowest BCUT2D eigenvalue weighted by Gasteiger charge is -2.17. The number of aldehydes is 1. The van der Waals surface area contributed by atoms with Gasteiger partial charge in [0.05, 0.1) is 6.61 Å². The third-order valence-corrected chi connectivity index (χ3v) is 3.95. The van der Waals surface area contributed by atoms with Crippen molar-refractivity contribution in [3.05, 3.63) is 11.8 Å². The number of hydrogen-bond donors (Lipinski definition) is 2. The van der Waals surface area contributed by atoms with Crippen molar-refractivity contribution < 1.29 is 14.3 Å². The fourth-order valence-electron chi connectivity index (χ4n) is 2.73. The van der Waals surface area contributed by atoms with E-state index in [0.29, 0.717) is 18.8 Å². The van der Waals surface area contributed by atoms with Crippen LogP contribution < -0.4 is 5.32 Å². The number of nitrogens with zero attached hydrogens (tertiary/aromatic N) is 1. The van der Waals surface area contributed by atoms with Crippen molar-refractivity contribution in [1.29, 1.82) is 0 Å². The maximum atomic E-state index is 10.2. The van der Waals surface area contributed by atoms with Gasteiger partial charge in [-0.15, -0.1) is 0 Å². The highest BCUT2D eigenvalue weighted by molar-refractivity contribution is 5.83. The molecule has 0 aliphatic heterocycles. The summed E-state index contributed by atoms with van der Waals surface area (Å²) in [6, 6.07) is 2.16. The Morgan fingerprint density at radius 2 is 1.88 bits per heavy atom. The Hall–Kier alpha value is -1.85. The van der Waals surface area contributed by atoms with Crippen LogP contribution in [0, 0.1) is 0 Å². The quantitative estimate of drug-likeness (QED) is 0.464. The largest absolute Gasteiger partial charge is 0.466 e. The molecule has 0 spiro atoms. The molecule has 6 heteroatoms. The van der Waals surface area contributed by atoms with Crippen LogP contribution in [0.2, 0.25) is 0 Å². The van der Waals surface area contributed by atoms with Gasteiger partial charge in [0.2, 0.25) is 0 Å². The monoisotopic (exact) mass is 353 g/mol. The van der Waals surface area contributed by atoms with Gasteiger partial charge in [0.15, 0.2) is 0 Å². The second-order valence-corrected chi connectivity index (χ2v) is 5.68. The molecule has 1 fully saturated rings. The number of carbonyl (C=O) groups excluding carboxylic acids is 2. The van der Waals surface area contributed by atoms with E-state index in [2.05, 4.69) is 26.3 Å².